The Balaban J connectivity index is 2.11. The van der Waals surface area contributed by atoms with E-state index in [1.807, 2.05) is 6.92 Å². The fourth-order valence-electron chi connectivity index (χ4n) is 2.56. The smallest absolute Gasteiger partial charge is 0.261 e. The van der Waals surface area contributed by atoms with Crippen molar-refractivity contribution >= 4 is 40.0 Å². The maximum atomic E-state index is 12.5. The van der Waals surface area contributed by atoms with Crippen LogP contribution in [0, 0.1) is 0 Å². The Labute approximate surface area is 151 Å². The number of hydrogen-bond acceptors (Lipinski definition) is 3. The van der Waals surface area contributed by atoms with Crippen molar-refractivity contribution in [2.75, 3.05) is 0 Å². The van der Waals surface area contributed by atoms with Crippen molar-refractivity contribution in [2.24, 2.45) is 0 Å². The number of halogens is 2. The number of aromatic nitrogens is 2. The summed E-state index contributed by atoms with van der Waals surface area (Å²) in [6, 6.07) is 3.13. The van der Waals surface area contributed by atoms with Crippen LogP contribution >= 0.6 is 23.2 Å². The molecule has 0 aliphatic rings. The van der Waals surface area contributed by atoms with Crippen LogP contribution in [0.4, 0.5) is 0 Å². The highest BCUT2D eigenvalue weighted by Gasteiger charge is 2.12. The largest absolute Gasteiger partial charge is 0.352 e. The molecule has 2 rings (SSSR count). The quantitative estimate of drug-likeness (QED) is 0.755. The maximum absolute atomic E-state index is 12.5. The molecule has 7 heteroatoms. The summed E-state index contributed by atoms with van der Waals surface area (Å²) in [7, 11) is 0. The van der Waals surface area contributed by atoms with Crippen LogP contribution in [0.5, 0.6) is 0 Å². The van der Waals surface area contributed by atoms with Crippen molar-refractivity contribution in [1.29, 1.82) is 0 Å². The number of benzene rings is 1. The van der Waals surface area contributed by atoms with Crippen LogP contribution in [0.2, 0.25) is 10.0 Å². The molecule has 2 aromatic rings. The number of carbonyl (C=O) groups excluding carboxylic acids is 1. The molecule has 24 heavy (non-hydrogen) atoms. The van der Waals surface area contributed by atoms with Crippen molar-refractivity contribution in [2.45, 2.75) is 52.1 Å². The Morgan fingerprint density at radius 1 is 1.33 bits per heavy atom. The van der Waals surface area contributed by atoms with E-state index in [4.69, 9.17) is 23.2 Å². The molecular formula is C17H21Cl2N3O2. The maximum Gasteiger partial charge on any atom is 0.261 e. The Morgan fingerprint density at radius 2 is 2.08 bits per heavy atom. The van der Waals surface area contributed by atoms with E-state index in [0.717, 1.165) is 25.7 Å². The van der Waals surface area contributed by atoms with E-state index < -0.39 is 0 Å². The summed E-state index contributed by atoms with van der Waals surface area (Å²) in [5, 5.41) is 3.89. The topological polar surface area (TPSA) is 64.0 Å². The number of rotatable bonds is 7. The Hall–Kier alpha value is -1.59. The average molecular weight is 370 g/mol. The van der Waals surface area contributed by atoms with Gasteiger partial charge in [-0.15, -0.1) is 0 Å². The molecule has 0 saturated heterocycles. The molecular weight excluding hydrogens is 349 g/mol. The molecule has 1 aromatic carbocycles. The molecule has 0 spiro atoms. The molecule has 0 bridgehead atoms. The monoisotopic (exact) mass is 369 g/mol. The van der Waals surface area contributed by atoms with Gasteiger partial charge in [0.1, 0.15) is 6.54 Å². The van der Waals surface area contributed by atoms with Crippen LogP contribution in [-0.2, 0) is 11.3 Å². The van der Waals surface area contributed by atoms with Crippen LogP contribution in [0.15, 0.2) is 23.3 Å². The normalized spacial score (nSPS) is 12.3. The van der Waals surface area contributed by atoms with Gasteiger partial charge in [-0.2, -0.15) is 0 Å². The highest BCUT2D eigenvalue weighted by Crippen LogP contribution is 2.23. The molecule has 1 amide bonds. The lowest BCUT2D eigenvalue weighted by Gasteiger charge is -2.14. The molecule has 0 fully saturated rings. The van der Waals surface area contributed by atoms with Crippen molar-refractivity contribution in [3.05, 3.63) is 38.9 Å². The molecule has 1 atom stereocenters. The zero-order valence-corrected chi connectivity index (χ0v) is 15.3. The van der Waals surface area contributed by atoms with Gasteiger partial charge in [-0.1, -0.05) is 49.4 Å². The Morgan fingerprint density at radius 3 is 2.79 bits per heavy atom. The minimum absolute atomic E-state index is 0.0793. The molecule has 0 saturated carbocycles. The number of amides is 1. The molecule has 1 unspecified atom stereocenters. The van der Waals surface area contributed by atoms with E-state index in [-0.39, 0.29) is 24.1 Å². The van der Waals surface area contributed by atoms with E-state index >= 15 is 0 Å². The fourth-order valence-corrected chi connectivity index (χ4v) is 3.10. The molecule has 1 N–H and O–H groups in total. The van der Waals surface area contributed by atoms with Crippen LogP contribution < -0.4 is 10.9 Å². The zero-order valence-electron chi connectivity index (χ0n) is 13.8. The lowest BCUT2D eigenvalue weighted by molar-refractivity contribution is -0.122. The van der Waals surface area contributed by atoms with Gasteiger partial charge in [0.15, 0.2) is 0 Å². The predicted octanol–water partition coefficient (Wildman–Crippen LogP) is 3.79. The van der Waals surface area contributed by atoms with E-state index in [1.165, 1.54) is 23.0 Å². The standard InChI is InChI=1S/C17H21Cl2N3O2/c1-3-4-5-6-11(2)21-15(23)9-22-10-20-16-13(17(22)24)7-12(18)8-14(16)19/h7-8,10-11H,3-6,9H2,1-2H3,(H,21,23). The van der Waals surface area contributed by atoms with Gasteiger partial charge in [0, 0.05) is 11.1 Å². The van der Waals surface area contributed by atoms with E-state index in [2.05, 4.69) is 17.2 Å². The molecule has 0 aliphatic carbocycles. The first-order chi connectivity index (χ1) is 11.4. The SMILES string of the molecule is CCCCCC(C)NC(=O)Cn1cnc2c(Cl)cc(Cl)cc2c1=O. The zero-order chi connectivity index (χ0) is 17.7. The molecule has 1 aromatic heterocycles. The highest BCUT2D eigenvalue weighted by molar-refractivity contribution is 6.38. The number of hydrogen-bond donors (Lipinski definition) is 1. The third-order valence-electron chi connectivity index (χ3n) is 3.81. The summed E-state index contributed by atoms with van der Waals surface area (Å²) in [5.41, 5.74) is 0.0499. The lowest BCUT2D eigenvalue weighted by atomic mass is 10.1. The molecule has 0 radical (unpaired) electrons. The van der Waals surface area contributed by atoms with Gasteiger partial charge in [0.2, 0.25) is 5.91 Å². The van der Waals surface area contributed by atoms with Crippen LogP contribution in [0.3, 0.4) is 0 Å². The van der Waals surface area contributed by atoms with Crippen LogP contribution in [0.1, 0.15) is 39.5 Å². The van der Waals surface area contributed by atoms with Crippen molar-refractivity contribution < 1.29 is 4.79 Å². The summed E-state index contributed by atoms with van der Waals surface area (Å²) < 4.78 is 1.27. The minimum atomic E-state index is -0.335. The van der Waals surface area contributed by atoms with Gasteiger partial charge in [-0.05, 0) is 25.5 Å². The van der Waals surface area contributed by atoms with Gasteiger partial charge in [0.25, 0.3) is 5.56 Å². The first-order valence-corrected chi connectivity index (χ1v) is 8.81. The van der Waals surface area contributed by atoms with Gasteiger partial charge < -0.3 is 5.32 Å². The first-order valence-electron chi connectivity index (χ1n) is 8.06. The summed E-state index contributed by atoms with van der Waals surface area (Å²) in [5.74, 6) is -0.213. The molecule has 1 heterocycles. The van der Waals surface area contributed by atoms with Crippen molar-refractivity contribution in [3.63, 3.8) is 0 Å². The Bertz CT molecular complexity index is 789. The number of nitrogens with zero attached hydrogens (tertiary/aromatic N) is 2. The number of unbranched alkanes of at least 4 members (excludes halogenated alkanes) is 2. The summed E-state index contributed by atoms with van der Waals surface area (Å²) in [6.07, 6.45) is 5.63. The van der Waals surface area contributed by atoms with E-state index in [9.17, 15) is 9.59 Å². The third-order valence-corrected chi connectivity index (χ3v) is 4.31. The third kappa shape index (κ3) is 4.71. The minimum Gasteiger partial charge on any atom is -0.352 e. The van der Waals surface area contributed by atoms with E-state index in [1.54, 1.807) is 0 Å². The Kier molecular flexibility index (Phi) is 6.63. The fraction of sp³-hybridized carbons (Fsp3) is 0.471. The van der Waals surface area contributed by atoms with Gasteiger partial charge in [-0.3, -0.25) is 14.2 Å². The number of nitrogens with one attached hydrogen (secondary N) is 1. The van der Waals surface area contributed by atoms with Crippen molar-refractivity contribution in [3.8, 4) is 0 Å². The second kappa shape index (κ2) is 8.49. The number of carbonyl (C=O) groups is 1. The van der Waals surface area contributed by atoms with Crippen LogP contribution in [-0.4, -0.2) is 21.5 Å². The summed E-state index contributed by atoms with van der Waals surface area (Å²) in [4.78, 5) is 28.8. The average Bonchev–Trinajstić information content (AvgIpc) is 2.50. The molecule has 0 aliphatic heterocycles. The van der Waals surface area contributed by atoms with Gasteiger partial charge in [0.05, 0.1) is 22.3 Å². The summed E-state index contributed by atoms with van der Waals surface area (Å²) >= 11 is 12.0. The molecule has 5 nitrogen and oxygen atoms in total. The number of fused-ring (bicyclic) bond motifs is 1. The summed E-state index contributed by atoms with van der Waals surface area (Å²) in [6.45, 7) is 4.03. The predicted molar refractivity (Wildman–Crippen MR) is 97.8 cm³/mol. The first kappa shape index (κ1) is 18.7. The van der Waals surface area contributed by atoms with Gasteiger partial charge in [-0.25, -0.2) is 4.98 Å². The van der Waals surface area contributed by atoms with Crippen LogP contribution in [0.25, 0.3) is 10.9 Å². The van der Waals surface area contributed by atoms with Gasteiger partial charge >= 0.3 is 0 Å². The highest BCUT2D eigenvalue weighted by atomic mass is 35.5. The second-order valence-electron chi connectivity index (χ2n) is 5.93. The second-order valence-corrected chi connectivity index (χ2v) is 6.77. The van der Waals surface area contributed by atoms with Crippen molar-refractivity contribution in [1.82, 2.24) is 14.9 Å². The van der Waals surface area contributed by atoms with E-state index in [0.29, 0.717) is 20.9 Å². The molecule has 130 valence electrons. The lowest BCUT2D eigenvalue weighted by Crippen LogP contribution is -2.37.